The maximum Gasteiger partial charge on any atom is 0.271 e. The van der Waals surface area contributed by atoms with Gasteiger partial charge in [0.1, 0.15) is 11.4 Å². The number of rotatable bonds is 4. The van der Waals surface area contributed by atoms with Gasteiger partial charge in [-0.25, -0.2) is 9.97 Å². The van der Waals surface area contributed by atoms with E-state index in [0.717, 1.165) is 12.8 Å². The van der Waals surface area contributed by atoms with Gasteiger partial charge in [0, 0.05) is 24.7 Å². The second kappa shape index (κ2) is 7.01. The molecule has 136 valence electrons. The highest BCUT2D eigenvalue weighted by atomic mass is 16.5. The number of hydrogen-bond donors (Lipinski definition) is 2. The minimum absolute atomic E-state index is 0.0593. The third-order valence-electron chi connectivity index (χ3n) is 5.37. The topological polar surface area (TPSA) is 93.6 Å². The van der Waals surface area contributed by atoms with E-state index < -0.39 is 0 Å². The SMILES string of the molecule is O=C(N[C@@H]1C[C@@H](O)C12CCOCC2)c1cnc(Oc2ccccc2)cn1. The Hall–Kier alpha value is -2.51. The highest BCUT2D eigenvalue weighted by Crippen LogP contribution is 2.49. The van der Waals surface area contributed by atoms with Gasteiger partial charge in [0.05, 0.1) is 18.5 Å². The summed E-state index contributed by atoms with van der Waals surface area (Å²) in [6.45, 7) is 1.24. The summed E-state index contributed by atoms with van der Waals surface area (Å²) in [5, 5.41) is 13.2. The Kier molecular flexibility index (Phi) is 4.57. The van der Waals surface area contributed by atoms with Crippen molar-refractivity contribution in [2.45, 2.75) is 31.4 Å². The zero-order valence-electron chi connectivity index (χ0n) is 14.3. The normalized spacial score (nSPS) is 23.9. The van der Waals surface area contributed by atoms with E-state index in [-0.39, 0.29) is 29.2 Å². The molecule has 2 N–H and O–H groups in total. The number of ether oxygens (including phenoxy) is 2. The van der Waals surface area contributed by atoms with Crippen molar-refractivity contribution in [2.75, 3.05) is 13.2 Å². The van der Waals surface area contributed by atoms with Crippen molar-refractivity contribution < 1.29 is 19.4 Å². The summed E-state index contributed by atoms with van der Waals surface area (Å²) >= 11 is 0. The molecule has 26 heavy (non-hydrogen) atoms. The average molecular weight is 355 g/mol. The summed E-state index contributed by atoms with van der Waals surface area (Å²) < 4.78 is 11.0. The van der Waals surface area contributed by atoms with E-state index in [2.05, 4.69) is 15.3 Å². The van der Waals surface area contributed by atoms with Gasteiger partial charge in [0.15, 0.2) is 0 Å². The summed E-state index contributed by atoms with van der Waals surface area (Å²) in [4.78, 5) is 20.8. The van der Waals surface area contributed by atoms with Crippen LogP contribution in [0.25, 0.3) is 0 Å². The lowest BCUT2D eigenvalue weighted by Crippen LogP contribution is -2.65. The first-order chi connectivity index (χ1) is 12.7. The Morgan fingerprint density at radius 2 is 1.96 bits per heavy atom. The molecule has 7 heteroatoms. The maximum atomic E-state index is 12.5. The lowest BCUT2D eigenvalue weighted by atomic mass is 9.58. The molecule has 0 bridgehead atoms. The molecular formula is C19H21N3O4. The monoisotopic (exact) mass is 355 g/mol. The van der Waals surface area contributed by atoms with Crippen molar-refractivity contribution in [1.29, 1.82) is 0 Å². The summed E-state index contributed by atoms with van der Waals surface area (Å²) in [5.74, 6) is 0.697. The Morgan fingerprint density at radius 3 is 2.62 bits per heavy atom. The van der Waals surface area contributed by atoms with Crippen LogP contribution >= 0.6 is 0 Å². The van der Waals surface area contributed by atoms with Gasteiger partial charge in [-0.15, -0.1) is 0 Å². The third-order valence-corrected chi connectivity index (χ3v) is 5.37. The number of nitrogens with one attached hydrogen (secondary N) is 1. The minimum Gasteiger partial charge on any atom is -0.438 e. The first kappa shape index (κ1) is 16.9. The fourth-order valence-corrected chi connectivity index (χ4v) is 3.73. The molecular weight excluding hydrogens is 334 g/mol. The number of benzene rings is 1. The van der Waals surface area contributed by atoms with Gasteiger partial charge in [-0.3, -0.25) is 4.79 Å². The first-order valence-corrected chi connectivity index (χ1v) is 8.79. The predicted molar refractivity (Wildman–Crippen MR) is 92.9 cm³/mol. The molecule has 1 saturated heterocycles. The van der Waals surface area contributed by atoms with E-state index in [1.165, 1.54) is 12.4 Å². The van der Waals surface area contributed by atoms with E-state index in [1.807, 2.05) is 30.3 Å². The van der Waals surface area contributed by atoms with Crippen LogP contribution in [0.2, 0.25) is 0 Å². The van der Waals surface area contributed by atoms with Crippen molar-refractivity contribution in [3.8, 4) is 11.6 Å². The van der Waals surface area contributed by atoms with E-state index in [0.29, 0.717) is 31.3 Å². The summed E-state index contributed by atoms with van der Waals surface area (Å²) in [5.41, 5.74) is -0.0356. The van der Waals surface area contributed by atoms with E-state index in [9.17, 15) is 9.90 Å². The van der Waals surface area contributed by atoms with Gasteiger partial charge in [-0.1, -0.05) is 18.2 Å². The van der Waals surface area contributed by atoms with Crippen LogP contribution in [0.5, 0.6) is 11.6 Å². The molecule has 7 nitrogen and oxygen atoms in total. The molecule has 2 fully saturated rings. The molecule has 4 rings (SSSR count). The highest BCUT2D eigenvalue weighted by molar-refractivity contribution is 5.92. The quantitative estimate of drug-likeness (QED) is 0.870. The van der Waals surface area contributed by atoms with E-state index in [4.69, 9.17) is 9.47 Å². The summed E-state index contributed by atoms with van der Waals surface area (Å²) in [7, 11) is 0. The average Bonchev–Trinajstić information content (AvgIpc) is 2.69. The number of hydrogen-bond acceptors (Lipinski definition) is 6. The maximum absolute atomic E-state index is 12.5. The fraction of sp³-hybridized carbons (Fsp3) is 0.421. The van der Waals surface area contributed by atoms with Crippen LogP contribution in [0.15, 0.2) is 42.7 Å². The lowest BCUT2D eigenvalue weighted by Gasteiger charge is -2.55. The fourth-order valence-electron chi connectivity index (χ4n) is 3.73. The zero-order chi connectivity index (χ0) is 18.0. The molecule has 1 aromatic heterocycles. The first-order valence-electron chi connectivity index (χ1n) is 8.79. The van der Waals surface area contributed by atoms with Gasteiger partial charge < -0.3 is 19.9 Å². The number of carbonyl (C=O) groups is 1. The van der Waals surface area contributed by atoms with Gasteiger partial charge >= 0.3 is 0 Å². The van der Waals surface area contributed by atoms with Crippen LogP contribution in [0.1, 0.15) is 29.8 Å². The van der Waals surface area contributed by atoms with Crippen LogP contribution in [0.4, 0.5) is 0 Å². The van der Waals surface area contributed by atoms with Crippen LogP contribution in [-0.2, 0) is 4.74 Å². The molecule has 0 radical (unpaired) electrons. The van der Waals surface area contributed by atoms with Gasteiger partial charge in [0.2, 0.25) is 5.88 Å². The number of aliphatic hydroxyl groups is 1. The van der Waals surface area contributed by atoms with Crippen LogP contribution in [-0.4, -0.2) is 46.3 Å². The molecule has 1 aromatic carbocycles. The highest BCUT2D eigenvalue weighted by Gasteiger charge is 2.55. The molecule has 2 aliphatic rings. The Bertz CT molecular complexity index is 760. The summed E-state index contributed by atoms with van der Waals surface area (Å²) in [6, 6.07) is 9.20. The summed E-state index contributed by atoms with van der Waals surface area (Å²) in [6.07, 6.45) is 4.53. The third kappa shape index (κ3) is 3.15. The van der Waals surface area contributed by atoms with E-state index in [1.54, 1.807) is 0 Å². The minimum atomic E-state index is -0.385. The largest absolute Gasteiger partial charge is 0.438 e. The van der Waals surface area contributed by atoms with E-state index >= 15 is 0 Å². The van der Waals surface area contributed by atoms with Crippen LogP contribution in [0, 0.1) is 5.41 Å². The smallest absolute Gasteiger partial charge is 0.271 e. The van der Waals surface area contributed by atoms with Crippen molar-refractivity contribution >= 4 is 5.91 Å². The Morgan fingerprint density at radius 1 is 1.19 bits per heavy atom. The predicted octanol–water partition coefficient (Wildman–Crippen LogP) is 1.93. The van der Waals surface area contributed by atoms with Crippen molar-refractivity contribution in [2.24, 2.45) is 5.41 Å². The number of aliphatic hydroxyl groups excluding tert-OH is 1. The van der Waals surface area contributed by atoms with Crippen molar-refractivity contribution in [3.05, 3.63) is 48.4 Å². The second-order valence-corrected chi connectivity index (χ2v) is 6.78. The van der Waals surface area contributed by atoms with Gasteiger partial charge in [0.25, 0.3) is 5.91 Å². The Balaban J connectivity index is 1.39. The molecule has 1 amide bonds. The molecule has 2 atom stereocenters. The molecule has 0 unspecified atom stereocenters. The number of aromatic nitrogens is 2. The second-order valence-electron chi connectivity index (χ2n) is 6.78. The lowest BCUT2D eigenvalue weighted by molar-refractivity contribution is -0.145. The molecule has 1 spiro atoms. The van der Waals surface area contributed by atoms with Crippen LogP contribution < -0.4 is 10.1 Å². The molecule has 1 saturated carbocycles. The number of nitrogens with zero attached hydrogens (tertiary/aromatic N) is 2. The zero-order valence-corrected chi connectivity index (χ0v) is 14.3. The molecule has 2 heterocycles. The standard InChI is InChI=1S/C19H21N3O4/c23-16-10-15(19(16)6-8-25-9-7-19)22-18(24)14-11-21-17(12-20-14)26-13-4-2-1-3-5-13/h1-5,11-12,15-16,23H,6-10H2,(H,22,24)/t15-,16-/m1/s1. The number of carbonyl (C=O) groups excluding carboxylic acids is 1. The Labute approximate surface area is 151 Å². The number of amides is 1. The molecule has 2 aromatic rings. The van der Waals surface area contributed by atoms with Crippen molar-refractivity contribution in [3.63, 3.8) is 0 Å². The number of para-hydroxylation sites is 1. The molecule has 1 aliphatic heterocycles. The van der Waals surface area contributed by atoms with Crippen molar-refractivity contribution in [1.82, 2.24) is 15.3 Å². The molecule has 1 aliphatic carbocycles. The van der Waals surface area contributed by atoms with Gasteiger partial charge in [-0.2, -0.15) is 0 Å². The van der Waals surface area contributed by atoms with Crippen LogP contribution in [0.3, 0.4) is 0 Å². The van der Waals surface area contributed by atoms with Gasteiger partial charge in [-0.05, 0) is 31.4 Å².